The second-order valence-corrected chi connectivity index (χ2v) is 6.57. The van der Waals surface area contributed by atoms with E-state index in [0.29, 0.717) is 6.54 Å². The zero-order chi connectivity index (χ0) is 15.3. The van der Waals surface area contributed by atoms with E-state index in [1.54, 1.807) is 30.6 Å². The van der Waals surface area contributed by atoms with Crippen molar-refractivity contribution in [2.75, 3.05) is 7.05 Å². The van der Waals surface area contributed by atoms with Crippen LogP contribution in [0.3, 0.4) is 0 Å². The van der Waals surface area contributed by atoms with Crippen LogP contribution in [-0.4, -0.2) is 20.4 Å². The lowest BCUT2D eigenvalue weighted by molar-refractivity contribution is 0.581. The molecule has 5 nitrogen and oxygen atoms in total. The van der Waals surface area contributed by atoms with Crippen molar-refractivity contribution < 1.29 is 8.42 Å². The van der Waals surface area contributed by atoms with E-state index in [0.717, 1.165) is 16.7 Å². The number of benzene rings is 1. The summed E-state index contributed by atoms with van der Waals surface area (Å²) in [6, 6.07) is 8.76. The number of aryl methyl sites for hydroxylation is 1. The normalized spacial score (nSPS) is 11.5. The molecular formula is C15H19N3O2S. The van der Waals surface area contributed by atoms with Gasteiger partial charge in [-0.2, -0.15) is 0 Å². The largest absolute Gasteiger partial charge is 0.316 e. The lowest BCUT2D eigenvalue weighted by Crippen LogP contribution is -2.23. The lowest BCUT2D eigenvalue weighted by Gasteiger charge is -2.10. The summed E-state index contributed by atoms with van der Waals surface area (Å²) in [5.74, 6) is 0. The van der Waals surface area contributed by atoms with Crippen molar-refractivity contribution in [3.05, 3.63) is 59.4 Å². The number of aromatic nitrogens is 1. The smallest absolute Gasteiger partial charge is 0.240 e. The van der Waals surface area contributed by atoms with Gasteiger partial charge in [-0.3, -0.25) is 4.98 Å². The molecule has 2 rings (SSSR count). The molecule has 0 aliphatic heterocycles. The van der Waals surface area contributed by atoms with Crippen molar-refractivity contribution >= 4 is 10.0 Å². The highest BCUT2D eigenvalue weighted by atomic mass is 32.2. The highest BCUT2D eigenvalue weighted by Gasteiger charge is 2.15. The van der Waals surface area contributed by atoms with Crippen LogP contribution in [-0.2, 0) is 23.1 Å². The summed E-state index contributed by atoms with van der Waals surface area (Å²) in [5.41, 5.74) is 2.86. The first kappa shape index (κ1) is 15.6. The number of hydrogen-bond donors (Lipinski definition) is 2. The molecule has 0 atom stereocenters. The Morgan fingerprint density at radius 3 is 2.67 bits per heavy atom. The van der Waals surface area contributed by atoms with Crippen molar-refractivity contribution in [3.63, 3.8) is 0 Å². The molecule has 0 radical (unpaired) electrons. The molecule has 2 N–H and O–H groups in total. The van der Waals surface area contributed by atoms with E-state index in [1.165, 1.54) is 0 Å². The number of sulfonamides is 1. The third-order valence-corrected chi connectivity index (χ3v) is 4.59. The summed E-state index contributed by atoms with van der Waals surface area (Å²) in [6.07, 6.45) is 3.30. The van der Waals surface area contributed by atoms with Crippen LogP contribution in [0.1, 0.15) is 16.7 Å². The third kappa shape index (κ3) is 4.10. The molecule has 0 aliphatic rings. The first-order valence-corrected chi connectivity index (χ1v) is 8.14. The molecule has 0 fully saturated rings. The van der Waals surface area contributed by atoms with Gasteiger partial charge in [-0.25, -0.2) is 13.1 Å². The number of rotatable bonds is 6. The van der Waals surface area contributed by atoms with Crippen molar-refractivity contribution in [2.24, 2.45) is 0 Å². The molecule has 112 valence electrons. The highest BCUT2D eigenvalue weighted by molar-refractivity contribution is 7.89. The monoisotopic (exact) mass is 305 g/mol. The maximum atomic E-state index is 12.3. The lowest BCUT2D eigenvalue weighted by atomic mass is 10.1. The number of nitrogens with one attached hydrogen (secondary N) is 2. The Kier molecular flexibility index (Phi) is 5.06. The summed E-state index contributed by atoms with van der Waals surface area (Å²) in [6.45, 7) is 2.83. The van der Waals surface area contributed by atoms with Gasteiger partial charge in [-0.15, -0.1) is 0 Å². The van der Waals surface area contributed by atoms with Gasteiger partial charge in [0.05, 0.1) is 4.90 Å². The highest BCUT2D eigenvalue weighted by Crippen LogP contribution is 2.16. The van der Waals surface area contributed by atoms with E-state index in [1.807, 2.05) is 26.1 Å². The molecule has 1 aromatic carbocycles. The van der Waals surface area contributed by atoms with Crippen LogP contribution in [0.4, 0.5) is 0 Å². The van der Waals surface area contributed by atoms with E-state index in [-0.39, 0.29) is 11.4 Å². The molecule has 0 aliphatic carbocycles. The molecule has 0 spiro atoms. The van der Waals surface area contributed by atoms with E-state index in [9.17, 15) is 8.42 Å². The van der Waals surface area contributed by atoms with Crippen LogP contribution in [0.15, 0.2) is 47.6 Å². The molecular weight excluding hydrogens is 286 g/mol. The van der Waals surface area contributed by atoms with Gasteiger partial charge in [0.1, 0.15) is 0 Å². The first-order valence-electron chi connectivity index (χ1n) is 6.65. The maximum absolute atomic E-state index is 12.3. The van der Waals surface area contributed by atoms with Crippen molar-refractivity contribution in [2.45, 2.75) is 24.9 Å². The van der Waals surface area contributed by atoms with Crippen LogP contribution in [0.25, 0.3) is 0 Å². The van der Waals surface area contributed by atoms with Crippen LogP contribution in [0, 0.1) is 6.92 Å². The Morgan fingerprint density at radius 2 is 2.00 bits per heavy atom. The summed E-state index contributed by atoms with van der Waals surface area (Å²) < 4.78 is 27.2. The topological polar surface area (TPSA) is 71.1 Å². The van der Waals surface area contributed by atoms with Gasteiger partial charge in [0.15, 0.2) is 0 Å². The van der Waals surface area contributed by atoms with E-state index >= 15 is 0 Å². The van der Waals surface area contributed by atoms with Crippen molar-refractivity contribution in [1.82, 2.24) is 15.0 Å². The second-order valence-electron chi connectivity index (χ2n) is 4.80. The van der Waals surface area contributed by atoms with Gasteiger partial charge < -0.3 is 5.32 Å². The Hall–Kier alpha value is -1.76. The average Bonchev–Trinajstić information content (AvgIpc) is 2.49. The van der Waals surface area contributed by atoms with Crippen LogP contribution in [0.5, 0.6) is 0 Å². The zero-order valence-corrected chi connectivity index (χ0v) is 12.9. The maximum Gasteiger partial charge on any atom is 0.240 e. The first-order chi connectivity index (χ1) is 10.0. The Balaban J connectivity index is 2.17. The van der Waals surface area contributed by atoms with E-state index in [4.69, 9.17) is 0 Å². The average molecular weight is 305 g/mol. The number of pyridine rings is 1. The van der Waals surface area contributed by atoms with Gasteiger partial charge in [-0.05, 0) is 48.9 Å². The number of nitrogens with zero attached hydrogens (tertiary/aromatic N) is 1. The van der Waals surface area contributed by atoms with Gasteiger partial charge >= 0.3 is 0 Å². The standard InChI is InChI=1S/C15H19N3O2S/c1-12-5-6-15(8-14(12)11-16-2)21(19,20)18-10-13-4-3-7-17-9-13/h3-9,16,18H,10-11H2,1-2H3. The third-order valence-electron chi connectivity index (χ3n) is 3.19. The minimum atomic E-state index is -3.52. The summed E-state index contributed by atoms with van der Waals surface area (Å²) >= 11 is 0. The van der Waals surface area contributed by atoms with Crippen molar-refractivity contribution in [3.8, 4) is 0 Å². The van der Waals surface area contributed by atoms with E-state index in [2.05, 4.69) is 15.0 Å². The van der Waals surface area contributed by atoms with Crippen LogP contribution < -0.4 is 10.0 Å². The fraction of sp³-hybridized carbons (Fsp3) is 0.267. The molecule has 0 bridgehead atoms. The van der Waals surface area contributed by atoms with Crippen molar-refractivity contribution in [1.29, 1.82) is 0 Å². The Morgan fingerprint density at radius 1 is 1.19 bits per heavy atom. The van der Waals surface area contributed by atoms with Crippen LogP contribution in [0.2, 0.25) is 0 Å². The Bertz CT molecular complexity index is 700. The Labute approximate surface area is 125 Å². The fourth-order valence-corrected chi connectivity index (χ4v) is 3.03. The van der Waals surface area contributed by atoms with Gasteiger partial charge in [-0.1, -0.05) is 12.1 Å². The summed E-state index contributed by atoms with van der Waals surface area (Å²) in [7, 11) is -1.69. The summed E-state index contributed by atoms with van der Waals surface area (Å²) in [4.78, 5) is 4.24. The molecule has 21 heavy (non-hydrogen) atoms. The molecule has 1 aromatic heterocycles. The minimum Gasteiger partial charge on any atom is -0.316 e. The number of hydrogen-bond acceptors (Lipinski definition) is 4. The summed E-state index contributed by atoms with van der Waals surface area (Å²) in [5, 5.41) is 3.04. The molecule has 0 unspecified atom stereocenters. The molecule has 0 saturated carbocycles. The fourth-order valence-electron chi connectivity index (χ4n) is 1.96. The predicted molar refractivity (Wildman–Crippen MR) is 82.2 cm³/mol. The van der Waals surface area contributed by atoms with Gasteiger partial charge in [0.25, 0.3) is 0 Å². The zero-order valence-electron chi connectivity index (χ0n) is 12.1. The van der Waals surface area contributed by atoms with Gasteiger partial charge in [0, 0.05) is 25.5 Å². The SMILES string of the molecule is CNCc1cc(S(=O)(=O)NCc2cccnc2)ccc1C. The van der Waals surface area contributed by atoms with E-state index < -0.39 is 10.0 Å². The molecule has 0 amide bonds. The quantitative estimate of drug-likeness (QED) is 0.850. The molecule has 2 aromatic rings. The molecule has 1 heterocycles. The van der Waals surface area contributed by atoms with Crippen LogP contribution >= 0.6 is 0 Å². The minimum absolute atomic E-state index is 0.228. The second kappa shape index (κ2) is 6.80. The molecule has 6 heteroatoms. The molecule has 0 saturated heterocycles. The predicted octanol–water partition coefficient (Wildman–Crippen LogP) is 1.59. The van der Waals surface area contributed by atoms with Gasteiger partial charge in [0.2, 0.25) is 10.0 Å².